The molecule has 0 spiro atoms. The van der Waals surface area contributed by atoms with Gasteiger partial charge in [0.15, 0.2) is 0 Å². The van der Waals surface area contributed by atoms with E-state index in [-0.39, 0.29) is 0 Å². The Morgan fingerprint density at radius 1 is 1.39 bits per heavy atom. The van der Waals surface area contributed by atoms with Gasteiger partial charge >= 0.3 is 0 Å². The van der Waals surface area contributed by atoms with Crippen molar-refractivity contribution in [2.45, 2.75) is 33.2 Å². The molecular weight excluding hydrogens is 224 g/mol. The van der Waals surface area contributed by atoms with Crippen LogP contribution in [0.5, 0.6) is 5.75 Å². The molecule has 0 aliphatic heterocycles. The Labute approximate surface area is 110 Å². The maximum absolute atomic E-state index is 8.44. The van der Waals surface area contributed by atoms with Gasteiger partial charge in [0.25, 0.3) is 0 Å². The highest BCUT2D eigenvalue weighted by molar-refractivity contribution is 5.28. The standard InChI is InChI=1S/C15H22N2O/c1-13(2)11-17-12-14-6-5-7-15(10-14)18-9-4-3-8-16/h5-7,10,13,17H,3-4,9,11-12H2,1-2H3. The Bertz CT molecular complexity index is 382. The number of hydrogen-bond acceptors (Lipinski definition) is 3. The van der Waals surface area contributed by atoms with E-state index in [0.29, 0.717) is 18.9 Å². The molecule has 0 amide bonds. The fourth-order valence-electron chi connectivity index (χ4n) is 1.59. The van der Waals surface area contributed by atoms with Crippen LogP contribution < -0.4 is 10.1 Å². The van der Waals surface area contributed by atoms with Crippen LogP contribution in [0.15, 0.2) is 24.3 Å². The van der Waals surface area contributed by atoms with Crippen LogP contribution in [0.4, 0.5) is 0 Å². The van der Waals surface area contributed by atoms with Gasteiger partial charge in [0, 0.05) is 13.0 Å². The third-order valence-corrected chi connectivity index (χ3v) is 2.48. The lowest BCUT2D eigenvalue weighted by atomic mass is 10.2. The zero-order valence-electron chi connectivity index (χ0n) is 11.3. The third kappa shape index (κ3) is 6.27. The monoisotopic (exact) mass is 246 g/mol. The van der Waals surface area contributed by atoms with Gasteiger partial charge in [-0.25, -0.2) is 0 Å². The van der Waals surface area contributed by atoms with E-state index < -0.39 is 0 Å². The molecule has 0 radical (unpaired) electrons. The van der Waals surface area contributed by atoms with E-state index in [1.807, 2.05) is 12.1 Å². The molecule has 1 aromatic rings. The smallest absolute Gasteiger partial charge is 0.119 e. The predicted molar refractivity (Wildman–Crippen MR) is 73.3 cm³/mol. The van der Waals surface area contributed by atoms with Crippen LogP contribution in [0.25, 0.3) is 0 Å². The van der Waals surface area contributed by atoms with Crippen molar-refractivity contribution < 1.29 is 4.74 Å². The first-order chi connectivity index (χ1) is 8.72. The van der Waals surface area contributed by atoms with Crippen LogP contribution in [0, 0.1) is 17.2 Å². The van der Waals surface area contributed by atoms with E-state index in [1.54, 1.807) is 0 Å². The fourth-order valence-corrected chi connectivity index (χ4v) is 1.59. The summed E-state index contributed by atoms with van der Waals surface area (Å²) in [5, 5.41) is 11.8. The number of benzene rings is 1. The van der Waals surface area contributed by atoms with Crippen LogP contribution in [0.2, 0.25) is 0 Å². The number of unbranched alkanes of at least 4 members (excludes halogenated alkanes) is 1. The van der Waals surface area contributed by atoms with Crippen molar-refractivity contribution in [2.24, 2.45) is 5.92 Å². The summed E-state index contributed by atoms with van der Waals surface area (Å²) in [4.78, 5) is 0. The molecule has 3 heteroatoms. The summed E-state index contributed by atoms with van der Waals surface area (Å²) in [6.45, 7) is 6.89. The summed E-state index contributed by atoms with van der Waals surface area (Å²) in [5.74, 6) is 1.55. The van der Waals surface area contributed by atoms with E-state index in [4.69, 9.17) is 10.00 Å². The minimum Gasteiger partial charge on any atom is -0.494 e. The van der Waals surface area contributed by atoms with E-state index in [9.17, 15) is 0 Å². The fraction of sp³-hybridized carbons (Fsp3) is 0.533. The molecule has 0 unspecified atom stereocenters. The lowest BCUT2D eigenvalue weighted by Crippen LogP contribution is -2.18. The summed E-state index contributed by atoms with van der Waals surface area (Å²) in [7, 11) is 0. The van der Waals surface area contributed by atoms with Gasteiger partial charge in [-0.3, -0.25) is 0 Å². The molecule has 0 fully saturated rings. The van der Waals surface area contributed by atoms with Gasteiger partial charge < -0.3 is 10.1 Å². The maximum atomic E-state index is 8.44. The first-order valence-corrected chi connectivity index (χ1v) is 6.51. The van der Waals surface area contributed by atoms with Crippen LogP contribution >= 0.6 is 0 Å². The molecule has 0 aliphatic carbocycles. The highest BCUT2D eigenvalue weighted by atomic mass is 16.5. The largest absolute Gasteiger partial charge is 0.494 e. The zero-order chi connectivity index (χ0) is 13.2. The van der Waals surface area contributed by atoms with Crippen molar-refractivity contribution in [3.05, 3.63) is 29.8 Å². The minimum absolute atomic E-state index is 0.551. The molecule has 1 aromatic carbocycles. The Balaban J connectivity index is 2.34. The first-order valence-electron chi connectivity index (χ1n) is 6.51. The average molecular weight is 246 g/mol. The summed E-state index contributed by atoms with van der Waals surface area (Å²) >= 11 is 0. The number of nitrogens with one attached hydrogen (secondary N) is 1. The van der Waals surface area contributed by atoms with Gasteiger partial charge in [-0.2, -0.15) is 5.26 Å². The van der Waals surface area contributed by atoms with E-state index in [1.165, 1.54) is 5.56 Å². The van der Waals surface area contributed by atoms with E-state index >= 15 is 0 Å². The topological polar surface area (TPSA) is 45.0 Å². The van der Waals surface area contributed by atoms with Gasteiger partial charge in [-0.1, -0.05) is 26.0 Å². The third-order valence-electron chi connectivity index (χ3n) is 2.48. The molecule has 0 heterocycles. The van der Waals surface area contributed by atoms with Crippen molar-refractivity contribution in [1.82, 2.24) is 5.32 Å². The quantitative estimate of drug-likeness (QED) is 0.717. The number of hydrogen-bond donors (Lipinski definition) is 1. The molecule has 0 aromatic heterocycles. The van der Waals surface area contributed by atoms with Gasteiger partial charge in [-0.05, 0) is 36.6 Å². The summed E-state index contributed by atoms with van der Waals surface area (Å²) in [6, 6.07) is 10.2. The lowest BCUT2D eigenvalue weighted by Gasteiger charge is -2.09. The van der Waals surface area contributed by atoms with Crippen LogP contribution in [0.3, 0.4) is 0 Å². The second-order valence-corrected chi connectivity index (χ2v) is 4.78. The van der Waals surface area contributed by atoms with Crippen LogP contribution in [-0.2, 0) is 6.54 Å². The van der Waals surface area contributed by atoms with E-state index in [2.05, 4.69) is 37.4 Å². The van der Waals surface area contributed by atoms with Gasteiger partial charge in [0.2, 0.25) is 0 Å². The molecule has 1 N–H and O–H groups in total. The van der Waals surface area contributed by atoms with Gasteiger partial charge in [0.05, 0.1) is 12.7 Å². The molecule has 0 aliphatic rings. The average Bonchev–Trinajstić information content (AvgIpc) is 2.35. The number of nitriles is 1. The number of ether oxygens (including phenoxy) is 1. The molecule has 0 atom stereocenters. The number of rotatable bonds is 8. The van der Waals surface area contributed by atoms with Crippen LogP contribution in [-0.4, -0.2) is 13.2 Å². The number of nitrogens with zero attached hydrogens (tertiary/aromatic N) is 1. The Kier molecular flexibility index (Phi) is 6.90. The highest BCUT2D eigenvalue weighted by Gasteiger charge is 1.98. The molecule has 3 nitrogen and oxygen atoms in total. The minimum atomic E-state index is 0.551. The Morgan fingerprint density at radius 3 is 2.94 bits per heavy atom. The van der Waals surface area contributed by atoms with Crippen molar-refractivity contribution in [2.75, 3.05) is 13.2 Å². The normalized spacial score (nSPS) is 10.3. The summed E-state index contributed by atoms with van der Waals surface area (Å²) < 4.78 is 5.60. The highest BCUT2D eigenvalue weighted by Crippen LogP contribution is 2.13. The Hall–Kier alpha value is -1.53. The summed E-state index contributed by atoms with van der Waals surface area (Å²) in [5.41, 5.74) is 1.23. The summed E-state index contributed by atoms with van der Waals surface area (Å²) in [6.07, 6.45) is 1.34. The first kappa shape index (κ1) is 14.5. The molecule has 98 valence electrons. The van der Waals surface area contributed by atoms with E-state index in [0.717, 1.165) is 25.3 Å². The molecule has 1 rings (SSSR count). The predicted octanol–water partition coefficient (Wildman–Crippen LogP) is 3.11. The lowest BCUT2D eigenvalue weighted by molar-refractivity contribution is 0.312. The second-order valence-electron chi connectivity index (χ2n) is 4.78. The Morgan fingerprint density at radius 2 is 2.22 bits per heavy atom. The molecule has 0 saturated carbocycles. The van der Waals surface area contributed by atoms with Crippen molar-refractivity contribution in [3.63, 3.8) is 0 Å². The zero-order valence-corrected chi connectivity index (χ0v) is 11.3. The van der Waals surface area contributed by atoms with Crippen molar-refractivity contribution in [1.29, 1.82) is 5.26 Å². The van der Waals surface area contributed by atoms with Crippen molar-refractivity contribution in [3.8, 4) is 11.8 Å². The SMILES string of the molecule is CC(C)CNCc1cccc(OCCCC#N)c1. The molecule has 0 bridgehead atoms. The molecular formula is C15H22N2O. The van der Waals surface area contributed by atoms with Gasteiger partial charge in [-0.15, -0.1) is 0 Å². The maximum Gasteiger partial charge on any atom is 0.119 e. The second kappa shape index (κ2) is 8.54. The van der Waals surface area contributed by atoms with Crippen LogP contribution in [0.1, 0.15) is 32.3 Å². The van der Waals surface area contributed by atoms with Gasteiger partial charge in [0.1, 0.15) is 5.75 Å². The molecule has 0 saturated heterocycles. The van der Waals surface area contributed by atoms with Crippen molar-refractivity contribution >= 4 is 0 Å². The molecule has 18 heavy (non-hydrogen) atoms.